The van der Waals surface area contributed by atoms with Crippen LogP contribution in [-0.2, 0) is 21.7 Å². The number of benzene rings is 2. The van der Waals surface area contributed by atoms with Gasteiger partial charge in [0, 0.05) is 0 Å². The van der Waals surface area contributed by atoms with Gasteiger partial charge in [0.2, 0.25) is 6.79 Å². The van der Waals surface area contributed by atoms with Crippen LogP contribution in [0.4, 0.5) is 4.79 Å². The SMILES string of the molecule is Cc1ccc([C@]2(C)NC(=O)N(C[C@@H](O)COCc3ccc4c(c3)OCO4)C2=O)cc1. The zero-order valence-corrected chi connectivity index (χ0v) is 16.9. The van der Waals surface area contributed by atoms with E-state index in [-0.39, 0.29) is 26.6 Å². The first-order chi connectivity index (χ1) is 14.4. The second kappa shape index (κ2) is 7.97. The zero-order chi connectivity index (χ0) is 21.3. The molecule has 2 heterocycles. The molecular formula is C22H24N2O6. The average Bonchev–Trinajstić information content (AvgIpc) is 3.27. The Kier molecular flexibility index (Phi) is 5.36. The quantitative estimate of drug-likeness (QED) is 0.676. The molecule has 158 valence electrons. The lowest BCUT2D eigenvalue weighted by Crippen LogP contribution is -2.42. The number of ether oxygens (including phenoxy) is 3. The minimum absolute atomic E-state index is 0.0211. The summed E-state index contributed by atoms with van der Waals surface area (Å²) in [6, 6.07) is 12.4. The summed E-state index contributed by atoms with van der Waals surface area (Å²) >= 11 is 0. The fourth-order valence-electron chi connectivity index (χ4n) is 3.55. The van der Waals surface area contributed by atoms with E-state index >= 15 is 0 Å². The number of nitrogens with zero attached hydrogens (tertiary/aromatic N) is 1. The number of imide groups is 1. The van der Waals surface area contributed by atoms with Gasteiger partial charge < -0.3 is 24.6 Å². The van der Waals surface area contributed by atoms with Crippen molar-refractivity contribution in [2.75, 3.05) is 19.9 Å². The summed E-state index contributed by atoms with van der Waals surface area (Å²) < 4.78 is 16.1. The van der Waals surface area contributed by atoms with Crippen LogP contribution in [0, 0.1) is 6.92 Å². The molecule has 0 aromatic heterocycles. The Morgan fingerprint density at radius 3 is 2.67 bits per heavy atom. The Labute approximate surface area is 174 Å². The normalized spacial score (nSPS) is 21.1. The minimum Gasteiger partial charge on any atom is -0.454 e. The second-order valence-electron chi connectivity index (χ2n) is 7.69. The van der Waals surface area contributed by atoms with E-state index in [9.17, 15) is 14.7 Å². The van der Waals surface area contributed by atoms with E-state index in [1.807, 2.05) is 43.3 Å². The molecule has 2 aliphatic heterocycles. The van der Waals surface area contributed by atoms with Gasteiger partial charge in [-0.3, -0.25) is 9.69 Å². The van der Waals surface area contributed by atoms with Crippen molar-refractivity contribution >= 4 is 11.9 Å². The highest BCUT2D eigenvalue weighted by Gasteiger charge is 2.49. The Morgan fingerprint density at radius 2 is 1.90 bits per heavy atom. The maximum Gasteiger partial charge on any atom is 0.325 e. The highest BCUT2D eigenvalue weighted by molar-refractivity contribution is 6.07. The molecule has 3 amide bonds. The molecule has 2 aliphatic rings. The number of aryl methyl sites for hydroxylation is 1. The molecule has 2 N–H and O–H groups in total. The number of aliphatic hydroxyl groups is 1. The van der Waals surface area contributed by atoms with E-state index in [1.54, 1.807) is 13.0 Å². The van der Waals surface area contributed by atoms with Crippen molar-refractivity contribution in [1.29, 1.82) is 0 Å². The maximum atomic E-state index is 12.9. The first-order valence-electron chi connectivity index (χ1n) is 9.72. The highest BCUT2D eigenvalue weighted by Crippen LogP contribution is 2.33. The van der Waals surface area contributed by atoms with E-state index in [4.69, 9.17) is 14.2 Å². The molecule has 8 nitrogen and oxygen atoms in total. The number of nitrogens with one attached hydrogen (secondary N) is 1. The lowest BCUT2D eigenvalue weighted by molar-refractivity contribution is -0.132. The van der Waals surface area contributed by atoms with E-state index in [0.29, 0.717) is 17.1 Å². The topological polar surface area (TPSA) is 97.3 Å². The molecule has 0 unspecified atom stereocenters. The molecule has 1 saturated heterocycles. The van der Waals surface area contributed by atoms with Crippen LogP contribution < -0.4 is 14.8 Å². The van der Waals surface area contributed by atoms with E-state index in [1.165, 1.54) is 0 Å². The summed E-state index contributed by atoms with van der Waals surface area (Å²) in [6.45, 7) is 3.91. The molecule has 0 aliphatic carbocycles. The molecule has 0 bridgehead atoms. The number of urea groups is 1. The third kappa shape index (κ3) is 3.83. The molecule has 2 atom stereocenters. The van der Waals surface area contributed by atoms with Gasteiger partial charge in [0.1, 0.15) is 5.54 Å². The van der Waals surface area contributed by atoms with Crippen LogP contribution in [0.1, 0.15) is 23.6 Å². The summed E-state index contributed by atoms with van der Waals surface area (Å²) in [6.07, 6.45) is -1.01. The van der Waals surface area contributed by atoms with Gasteiger partial charge in [-0.05, 0) is 37.1 Å². The molecule has 2 aromatic rings. The predicted molar refractivity (Wildman–Crippen MR) is 107 cm³/mol. The van der Waals surface area contributed by atoms with Gasteiger partial charge in [0.25, 0.3) is 5.91 Å². The van der Waals surface area contributed by atoms with Crippen molar-refractivity contribution in [3.05, 3.63) is 59.2 Å². The summed E-state index contributed by atoms with van der Waals surface area (Å²) in [5.74, 6) is 0.950. The van der Waals surface area contributed by atoms with Gasteiger partial charge >= 0.3 is 6.03 Å². The molecule has 2 aromatic carbocycles. The highest BCUT2D eigenvalue weighted by atomic mass is 16.7. The number of fused-ring (bicyclic) bond motifs is 1. The van der Waals surface area contributed by atoms with Gasteiger partial charge in [-0.2, -0.15) is 0 Å². The minimum atomic E-state index is -1.15. The maximum absolute atomic E-state index is 12.9. The van der Waals surface area contributed by atoms with Crippen molar-refractivity contribution in [3.8, 4) is 11.5 Å². The van der Waals surface area contributed by atoms with Crippen LogP contribution in [0.3, 0.4) is 0 Å². The average molecular weight is 412 g/mol. The Bertz CT molecular complexity index is 961. The molecule has 0 saturated carbocycles. The smallest absolute Gasteiger partial charge is 0.325 e. The molecule has 4 rings (SSSR count). The van der Waals surface area contributed by atoms with Gasteiger partial charge in [0.15, 0.2) is 11.5 Å². The molecule has 0 spiro atoms. The summed E-state index contributed by atoms with van der Waals surface area (Å²) in [4.78, 5) is 26.4. The third-order valence-corrected chi connectivity index (χ3v) is 5.31. The molecular weight excluding hydrogens is 388 g/mol. The fourth-order valence-corrected chi connectivity index (χ4v) is 3.55. The van der Waals surface area contributed by atoms with E-state index < -0.39 is 23.6 Å². The Morgan fingerprint density at radius 1 is 1.17 bits per heavy atom. The Hall–Kier alpha value is -3.10. The third-order valence-electron chi connectivity index (χ3n) is 5.31. The number of β-amino-alcohol motifs (C(OH)–C–C–N with tert-alkyl or cyclic N) is 1. The standard InChI is InChI=1S/C22H24N2O6/c1-14-3-6-16(7-4-14)22(2)20(26)24(21(27)23-22)10-17(25)12-28-11-15-5-8-18-19(9-15)30-13-29-18/h3-9,17,25H,10-13H2,1-2H3,(H,23,27)/t17-,22+/m1/s1. The first-order valence-corrected chi connectivity index (χ1v) is 9.72. The van der Waals surface area contributed by atoms with Gasteiger partial charge in [-0.25, -0.2) is 4.79 Å². The van der Waals surface area contributed by atoms with Crippen LogP contribution in [0.15, 0.2) is 42.5 Å². The molecule has 8 heteroatoms. The van der Waals surface area contributed by atoms with Gasteiger partial charge in [-0.1, -0.05) is 35.9 Å². The van der Waals surface area contributed by atoms with Crippen molar-refractivity contribution in [2.24, 2.45) is 0 Å². The van der Waals surface area contributed by atoms with Crippen molar-refractivity contribution < 1.29 is 28.9 Å². The predicted octanol–water partition coefficient (Wildman–Crippen LogP) is 2.07. The van der Waals surface area contributed by atoms with Crippen LogP contribution >= 0.6 is 0 Å². The molecule has 30 heavy (non-hydrogen) atoms. The zero-order valence-electron chi connectivity index (χ0n) is 16.9. The van der Waals surface area contributed by atoms with Crippen LogP contribution in [0.5, 0.6) is 11.5 Å². The van der Waals surface area contributed by atoms with Gasteiger partial charge in [-0.15, -0.1) is 0 Å². The summed E-state index contributed by atoms with van der Waals surface area (Å²) in [7, 11) is 0. The number of carbonyl (C=O) groups excluding carboxylic acids is 2. The van der Waals surface area contributed by atoms with Crippen molar-refractivity contribution in [3.63, 3.8) is 0 Å². The van der Waals surface area contributed by atoms with Crippen LogP contribution in [0.25, 0.3) is 0 Å². The van der Waals surface area contributed by atoms with Gasteiger partial charge in [0.05, 0.1) is 25.9 Å². The summed E-state index contributed by atoms with van der Waals surface area (Å²) in [5.41, 5.74) is 1.47. The summed E-state index contributed by atoms with van der Waals surface area (Å²) in [5, 5.41) is 13.0. The van der Waals surface area contributed by atoms with Crippen LogP contribution in [-0.4, -0.2) is 48.0 Å². The fraction of sp³-hybridized carbons (Fsp3) is 0.364. The second-order valence-corrected chi connectivity index (χ2v) is 7.69. The number of aliphatic hydroxyl groups excluding tert-OH is 1. The number of hydrogen-bond donors (Lipinski definition) is 2. The van der Waals surface area contributed by atoms with E-state index in [0.717, 1.165) is 16.0 Å². The molecule has 0 radical (unpaired) electrons. The monoisotopic (exact) mass is 412 g/mol. The van der Waals surface area contributed by atoms with Crippen molar-refractivity contribution in [1.82, 2.24) is 10.2 Å². The lowest BCUT2D eigenvalue weighted by atomic mass is 9.91. The number of amides is 3. The first kappa shape index (κ1) is 20.2. The van der Waals surface area contributed by atoms with E-state index in [2.05, 4.69) is 5.32 Å². The van der Waals surface area contributed by atoms with Crippen LogP contribution in [0.2, 0.25) is 0 Å². The number of carbonyl (C=O) groups is 2. The Balaban J connectivity index is 1.32. The van der Waals surface area contributed by atoms with Crippen molar-refractivity contribution in [2.45, 2.75) is 32.1 Å². The lowest BCUT2D eigenvalue weighted by Gasteiger charge is -2.23. The number of rotatable bonds is 7. The molecule has 1 fully saturated rings. The largest absolute Gasteiger partial charge is 0.454 e. The number of hydrogen-bond acceptors (Lipinski definition) is 6.